The molecule has 5 nitrogen and oxygen atoms in total. The average molecular weight is 250 g/mol. The first-order chi connectivity index (χ1) is 8.68. The third-order valence-electron chi connectivity index (χ3n) is 3.74. The number of aliphatic hydroxyl groups is 1. The molecule has 2 heterocycles. The normalized spacial score (nSPS) is 21.3. The maximum Gasteiger partial charge on any atom is 0.0857 e. The quantitative estimate of drug-likeness (QED) is 0.807. The van der Waals surface area contributed by atoms with Crippen molar-refractivity contribution in [2.75, 3.05) is 32.8 Å². The molecule has 2 N–H and O–H groups in total. The Balaban J connectivity index is 2.31. The van der Waals surface area contributed by atoms with Gasteiger partial charge in [0.25, 0.3) is 0 Å². The van der Waals surface area contributed by atoms with E-state index in [0.717, 1.165) is 44.0 Å². The van der Waals surface area contributed by atoms with Gasteiger partial charge in [-0.15, -0.1) is 0 Å². The maximum absolute atomic E-state index is 9.88. The second-order valence-electron chi connectivity index (χ2n) is 5.01. The fourth-order valence-electron chi connectivity index (χ4n) is 2.60. The van der Waals surface area contributed by atoms with Crippen molar-refractivity contribution in [3.63, 3.8) is 0 Å². The van der Waals surface area contributed by atoms with E-state index in [0.29, 0.717) is 0 Å². The van der Waals surface area contributed by atoms with Crippen LogP contribution in [-0.4, -0.2) is 52.8 Å². The molecule has 0 aliphatic carbocycles. The first kappa shape index (κ1) is 13.4. The zero-order valence-electron chi connectivity index (χ0n) is 11.2. The van der Waals surface area contributed by atoms with Crippen LogP contribution in [0.5, 0.6) is 0 Å². The third-order valence-corrected chi connectivity index (χ3v) is 3.74. The number of hydrogen-bond donors (Lipinski definition) is 2. The molecule has 1 unspecified atom stereocenters. The molecule has 0 saturated carbocycles. The van der Waals surface area contributed by atoms with Crippen molar-refractivity contribution < 1.29 is 5.11 Å². The lowest BCUT2D eigenvalue weighted by Gasteiger charge is -2.39. The zero-order valence-corrected chi connectivity index (χ0v) is 11.2. The van der Waals surface area contributed by atoms with Crippen molar-refractivity contribution in [1.29, 1.82) is 0 Å². The molecule has 0 bridgehead atoms. The van der Waals surface area contributed by atoms with Gasteiger partial charge in [-0.2, -0.15) is 0 Å². The fourth-order valence-corrected chi connectivity index (χ4v) is 2.60. The Morgan fingerprint density at radius 1 is 1.33 bits per heavy atom. The van der Waals surface area contributed by atoms with E-state index in [1.54, 1.807) is 12.4 Å². The summed E-state index contributed by atoms with van der Waals surface area (Å²) in [6.45, 7) is 7.95. The van der Waals surface area contributed by atoms with E-state index < -0.39 is 5.54 Å². The largest absolute Gasteiger partial charge is 0.394 e. The highest BCUT2D eigenvalue weighted by Crippen LogP contribution is 2.28. The van der Waals surface area contributed by atoms with Gasteiger partial charge in [0.1, 0.15) is 0 Å². The minimum absolute atomic E-state index is 0.0620. The highest BCUT2D eigenvalue weighted by Gasteiger charge is 2.36. The average Bonchev–Trinajstić information content (AvgIpc) is 2.67. The van der Waals surface area contributed by atoms with Crippen LogP contribution in [0.15, 0.2) is 12.4 Å². The molecule has 1 aromatic heterocycles. The number of aryl methyl sites for hydroxylation is 1. The van der Waals surface area contributed by atoms with E-state index in [-0.39, 0.29) is 6.61 Å². The van der Waals surface area contributed by atoms with Crippen LogP contribution in [0.4, 0.5) is 0 Å². The topological polar surface area (TPSA) is 61.3 Å². The van der Waals surface area contributed by atoms with Gasteiger partial charge >= 0.3 is 0 Å². The molecule has 1 aliphatic rings. The predicted molar refractivity (Wildman–Crippen MR) is 70.3 cm³/mol. The number of hydrogen-bond acceptors (Lipinski definition) is 5. The van der Waals surface area contributed by atoms with Crippen molar-refractivity contribution in [2.24, 2.45) is 0 Å². The number of aromatic nitrogens is 2. The summed E-state index contributed by atoms with van der Waals surface area (Å²) in [4.78, 5) is 11.0. The number of rotatable bonds is 3. The molecule has 0 radical (unpaired) electrons. The standard InChI is InChI=1S/C13H22N4O/c1-11-12(16-6-5-15-11)13(2,10-18)17-8-3-4-14-7-9-17/h5-6,14,18H,3-4,7-10H2,1-2H3. The van der Waals surface area contributed by atoms with Crippen LogP contribution in [0.3, 0.4) is 0 Å². The molecular weight excluding hydrogens is 228 g/mol. The molecule has 100 valence electrons. The van der Waals surface area contributed by atoms with E-state index in [1.165, 1.54) is 0 Å². The van der Waals surface area contributed by atoms with Crippen molar-refractivity contribution >= 4 is 0 Å². The second-order valence-corrected chi connectivity index (χ2v) is 5.01. The second kappa shape index (κ2) is 5.73. The summed E-state index contributed by atoms with van der Waals surface area (Å²) in [7, 11) is 0. The monoisotopic (exact) mass is 250 g/mol. The van der Waals surface area contributed by atoms with Crippen molar-refractivity contribution in [1.82, 2.24) is 20.2 Å². The van der Waals surface area contributed by atoms with Gasteiger partial charge in [-0.05, 0) is 26.8 Å². The Labute approximate surface area is 108 Å². The number of nitrogens with one attached hydrogen (secondary N) is 1. The van der Waals surface area contributed by atoms with Crippen LogP contribution in [0.1, 0.15) is 24.7 Å². The molecule has 1 aromatic rings. The molecular formula is C13H22N4O. The van der Waals surface area contributed by atoms with E-state index >= 15 is 0 Å². The highest BCUT2D eigenvalue weighted by molar-refractivity contribution is 5.19. The minimum Gasteiger partial charge on any atom is -0.394 e. The molecule has 0 aromatic carbocycles. The molecule has 1 saturated heterocycles. The van der Waals surface area contributed by atoms with Crippen LogP contribution in [0.2, 0.25) is 0 Å². The lowest BCUT2D eigenvalue weighted by atomic mass is 9.94. The van der Waals surface area contributed by atoms with E-state index in [2.05, 4.69) is 27.1 Å². The summed E-state index contributed by atoms with van der Waals surface area (Å²) in [6, 6.07) is 0. The van der Waals surface area contributed by atoms with Crippen molar-refractivity contribution in [3.05, 3.63) is 23.8 Å². The van der Waals surface area contributed by atoms with Crippen LogP contribution >= 0.6 is 0 Å². The first-order valence-electron chi connectivity index (χ1n) is 6.53. The van der Waals surface area contributed by atoms with Crippen LogP contribution in [-0.2, 0) is 5.54 Å². The van der Waals surface area contributed by atoms with Crippen LogP contribution in [0.25, 0.3) is 0 Å². The summed E-state index contributed by atoms with van der Waals surface area (Å²) in [5.41, 5.74) is 1.34. The zero-order chi connectivity index (χ0) is 13.0. The van der Waals surface area contributed by atoms with E-state index in [9.17, 15) is 5.11 Å². The predicted octanol–water partition coefficient (Wildman–Crippen LogP) is 0.288. The Morgan fingerprint density at radius 3 is 2.83 bits per heavy atom. The van der Waals surface area contributed by atoms with E-state index in [4.69, 9.17) is 0 Å². The van der Waals surface area contributed by atoms with Gasteiger partial charge in [0.05, 0.1) is 23.5 Å². The fraction of sp³-hybridized carbons (Fsp3) is 0.692. The lowest BCUT2D eigenvalue weighted by molar-refractivity contribution is 0.0410. The molecule has 1 fully saturated rings. The van der Waals surface area contributed by atoms with Gasteiger partial charge in [-0.1, -0.05) is 0 Å². The Bertz CT molecular complexity index is 390. The molecule has 1 aliphatic heterocycles. The Hall–Kier alpha value is -1.04. The minimum atomic E-state index is -0.440. The number of aliphatic hydroxyl groups excluding tert-OH is 1. The molecule has 5 heteroatoms. The third kappa shape index (κ3) is 2.53. The highest BCUT2D eigenvalue weighted by atomic mass is 16.3. The van der Waals surface area contributed by atoms with Gasteiger partial charge in [0, 0.05) is 32.0 Å². The summed E-state index contributed by atoms with van der Waals surface area (Å²) in [5, 5.41) is 13.3. The first-order valence-corrected chi connectivity index (χ1v) is 6.53. The van der Waals surface area contributed by atoms with Gasteiger partial charge in [-0.3, -0.25) is 14.9 Å². The van der Waals surface area contributed by atoms with Crippen molar-refractivity contribution in [3.8, 4) is 0 Å². The van der Waals surface area contributed by atoms with Gasteiger partial charge in [0.15, 0.2) is 0 Å². The SMILES string of the molecule is Cc1nccnc1C(C)(CO)N1CCCNCC1. The summed E-state index contributed by atoms with van der Waals surface area (Å²) >= 11 is 0. The van der Waals surface area contributed by atoms with E-state index in [1.807, 2.05) is 6.92 Å². The molecule has 2 rings (SSSR count). The van der Waals surface area contributed by atoms with Gasteiger partial charge in [-0.25, -0.2) is 0 Å². The molecule has 0 amide bonds. The van der Waals surface area contributed by atoms with Crippen molar-refractivity contribution in [2.45, 2.75) is 25.8 Å². The lowest BCUT2D eigenvalue weighted by Crippen LogP contribution is -2.49. The molecule has 0 spiro atoms. The van der Waals surface area contributed by atoms with Gasteiger partial charge in [0.2, 0.25) is 0 Å². The maximum atomic E-state index is 9.88. The Kier molecular flexibility index (Phi) is 4.27. The Morgan fingerprint density at radius 2 is 2.11 bits per heavy atom. The van der Waals surface area contributed by atoms with Gasteiger partial charge < -0.3 is 10.4 Å². The van der Waals surface area contributed by atoms with Crippen LogP contribution in [0, 0.1) is 6.92 Å². The molecule has 18 heavy (non-hydrogen) atoms. The summed E-state index contributed by atoms with van der Waals surface area (Å²) in [6.07, 6.45) is 4.49. The molecule has 1 atom stereocenters. The summed E-state index contributed by atoms with van der Waals surface area (Å²) in [5.74, 6) is 0. The van der Waals surface area contributed by atoms with Crippen LogP contribution < -0.4 is 5.32 Å². The number of nitrogens with zero attached hydrogens (tertiary/aromatic N) is 3. The summed E-state index contributed by atoms with van der Waals surface area (Å²) < 4.78 is 0. The smallest absolute Gasteiger partial charge is 0.0857 e.